The fourth-order valence-electron chi connectivity index (χ4n) is 4.05. The van der Waals surface area contributed by atoms with Gasteiger partial charge in [0.1, 0.15) is 0 Å². The molecule has 0 aliphatic carbocycles. The van der Waals surface area contributed by atoms with Crippen LogP contribution in [0, 0.1) is 0 Å². The molecule has 0 N–H and O–H groups in total. The molecule has 0 bridgehead atoms. The lowest BCUT2D eigenvalue weighted by atomic mass is 9.93. The van der Waals surface area contributed by atoms with Crippen LogP contribution in [0.1, 0.15) is 25.0 Å². The van der Waals surface area contributed by atoms with Crippen molar-refractivity contribution in [1.29, 1.82) is 0 Å². The summed E-state index contributed by atoms with van der Waals surface area (Å²) in [5.74, 6) is 0. The Morgan fingerprint density at radius 1 is 0.531 bits per heavy atom. The van der Waals surface area contributed by atoms with Gasteiger partial charge in [-0.25, -0.2) is 0 Å². The molecule has 4 aromatic rings. The number of nitrogens with zero attached hydrogens (tertiary/aromatic N) is 1. The Balaban J connectivity index is 1.67. The van der Waals surface area contributed by atoms with Crippen molar-refractivity contribution in [2.75, 3.05) is 19.6 Å². The van der Waals surface area contributed by atoms with Crippen LogP contribution in [0.25, 0.3) is 27.8 Å². The Kier molecular flexibility index (Phi) is 7.32. The minimum atomic E-state index is 0.948. The van der Waals surface area contributed by atoms with Gasteiger partial charge in [-0.3, -0.25) is 0 Å². The van der Waals surface area contributed by atoms with Crippen LogP contribution in [0.4, 0.5) is 0 Å². The fourth-order valence-corrected chi connectivity index (χ4v) is 4.05. The van der Waals surface area contributed by atoms with Crippen LogP contribution >= 0.6 is 0 Å². The molecule has 0 atom stereocenters. The molecular formula is C31H31N. The quantitative estimate of drug-likeness (QED) is 0.283. The molecule has 1 nitrogen and oxygen atoms in total. The molecule has 4 aromatic carbocycles. The van der Waals surface area contributed by atoms with Crippen LogP contribution in [-0.4, -0.2) is 24.5 Å². The zero-order chi connectivity index (χ0) is 22.2. The predicted octanol–water partition coefficient (Wildman–Crippen LogP) is 7.79. The molecule has 0 aromatic heterocycles. The molecular weight excluding hydrogens is 386 g/mol. The van der Waals surface area contributed by atoms with E-state index in [9.17, 15) is 0 Å². The second-order valence-electron chi connectivity index (χ2n) is 7.99. The van der Waals surface area contributed by atoms with Crippen molar-refractivity contribution in [1.82, 2.24) is 4.90 Å². The Hall–Kier alpha value is -3.42. The van der Waals surface area contributed by atoms with E-state index in [-0.39, 0.29) is 0 Å². The van der Waals surface area contributed by atoms with E-state index in [0.29, 0.717) is 0 Å². The van der Waals surface area contributed by atoms with Gasteiger partial charge in [-0.05, 0) is 52.0 Å². The van der Waals surface area contributed by atoms with Gasteiger partial charge in [0.05, 0.1) is 0 Å². The first-order chi connectivity index (χ1) is 15.8. The SMILES string of the molecule is CCN(CC)CC=C(c1ccc(-c2ccccc2)cc1)c1ccc(-c2ccccc2)cc1. The molecule has 0 saturated carbocycles. The molecule has 0 aliphatic rings. The van der Waals surface area contributed by atoms with E-state index in [1.165, 1.54) is 39.0 Å². The number of hydrogen-bond donors (Lipinski definition) is 0. The Labute approximate surface area is 192 Å². The first-order valence-electron chi connectivity index (χ1n) is 11.5. The van der Waals surface area contributed by atoms with Crippen LogP contribution in [0.3, 0.4) is 0 Å². The maximum absolute atomic E-state index is 2.44. The summed E-state index contributed by atoms with van der Waals surface area (Å²) in [4.78, 5) is 2.44. The summed E-state index contributed by atoms with van der Waals surface area (Å²) in [7, 11) is 0. The molecule has 4 rings (SSSR count). The van der Waals surface area contributed by atoms with Gasteiger partial charge in [0, 0.05) is 6.54 Å². The smallest absolute Gasteiger partial charge is 0.0172 e. The maximum Gasteiger partial charge on any atom is 0.0172 e. The highest BCUT2D eigenvalue weighted by atomic mass is 15.1. The molecule has 0 spiro atoms. The van der Waals surface area contributed by atoms with E-state index >= 15 is 0 Å². The highest BCUT2D eigenvalue weighted by Crippen LogP contribution is 2.29. The van der Waals surface area contributed by atoms with Crippen molar-refractivity contribution in [2.45, 2.75) is 13.8 Å². The van der Waals surface area contributed by atoms with Gasteiger partial charge in [0.15, 0.2) is 0 Å². The van der Waals surface area contributed by atoms with Crippen molar-refractivity contribution < 1.29 is 0 Å². The van der Waals surface area contributed by atoms with Gasteiger partial charge in [-0.15, -0.1) is 0 Å². The van der Waals surface area contributed by atoms with Crippen LogP contribution < -0.4 is 0 Å². The molecule has 0 heterocycles. The van der Waals surface area contributed by atoms with Gasteiger partial charge in [-0.1, -0.05) is 129 Å². The van der Waals surface area contributed by atoms with E-state index in [1.807, 2.05) is 0 Å². The number of likely N-dealkylation sites (N-methyl/N-ethyl adjacent to an activating group) is 1. The highest BCUT2D eigenvalue weighted by Gasteiger charge is 2.08. The Bertz CT molecular complexity index is 1040. The zero-order valence-electron chi connectivity index (χ0n) is 19.0. The molecule has 0 amide bonds. The van der Waals surface area contributed by atoms with Crippen LogP contribution in [0.2, 0.25) is 0 Å². The summed E-state index contributed by atoms with van der Waals surface area (Å²) in [5, 5.41) is 0. The van der Waals surface area contributed by atoms with Gasteiger partial charge in [-0.2, -0.15) is 0 Å². The van der Waals surface area contributed by atoms with Crippen molar-refractivity contribution in [3.05, 3.63) is 126 Å². The van der Waals surface area contributed by atoms with E-state index in [1.54, 1.807) is 0 Å². The van der Waals surface area contributed by atoms with Crippen LogP contribution in [0.5, 0.6) is 0 Å². The number of hydrogen-bond acceptors (Lipinski definition) is 1. The van der Waals surface area contributed by atoms with Gasteiger partial charge >= 0.3 is 0 Å². The molecule has 32 heavy (non-hydrogen) atoms. The van der Waals surface area contributed by atoms with Gasteiger partial charge < -0.3 is 4.90 Å². The van der Waals surface area contributed by atoms with Crippen molar-refractivity contribution >= 4 is 5.57 Å². The van der Waals surface area contributed by atoms with Crippen LogP contribution in [-0.2, 0) is 0 Å². The number of benzene rings is 4. The van der Waals surface area contributed by atoms with E-state index < -0.39 is 0 Å². The Morgan fingerprint density at radius 2 is 0.906 bits per heavy atom. The van der Waals surface area contributed by atoms with Crippen molar-refractivity contribution in [2.24, 2.45) is 0 Å². The normalized spacial score (nSPS) is 10.8. The lowest BCUT2D eigenvalue weighted by Crippen LogP contribution is -2.22. The molecule has 0 radical (unpaired) electrons. The van der Waals surface area contributed by atoms with E-state index in [4.69, 9.17) is 0 Å². The molecule has 1 heteroatoms. The first-order valence-corrected chi connectivity index (χ1v) is 11.5. The average molecular weight is 418 g/mol. The molecule has 0 fully saturated rings. The van der Waals surface area contributed by atoms with E-state index in [0.717, 1.165) is 19.6 Å². The number of rotatable bonds is 8. The molecule has 0 unspecified atom stereocenters. The largest absolute Gasteiger partial charge is 0.300 e. The zero-order valence-corrected chi connectivity index (χ0v) is 19.0. The van der Waals surface area contributed by atoms with Crippen LogP contribution in [0.15, 0.2) is 115 Å². The highest BCUT2D eigenvalue weighted by molar-refractivity contribution is 5.82. The van der Waals surface area contributed by atoms with Gasteiger partial charge in [0.25, 0.3) is 0 Å². The lowest BCUT2D eigenvalue weighted by Gasteiger charge is -2.17. The molecule has 160 valence electrons. The van der Waals surface area contributed by atoms with Gasteiger partial charge in [0.2, 0.25) is 0 Å². The average Bonchev–Trinajstić information content (AvgIpc) is 2.88. The second kappa shape index (κ2) is 10.7. The summed E-state index contributed by atoms with van der Waals surface area (Å²) >= 11 is 0. The monoisotopic (exact) mass is 417 g/mol. The van der Waals surface area contributed by atoms with Crippen molar-refractivity contribution in [3.8, 4) is 22.3 Å². The first kappa shape index (κ1) is 21.8. The fraction of sp³-hybridized carbons (Fsp3) is 0.161. The third-order valence-corrected chi connectivity index (χ3v) is 6.05. The molecule has 0 aliphatic heterocycles. The van der Waals surface area contributed by atoms with Crippen molar-refractivity contribution in [3.63, 3.8) is 0 Å². The summed E-state index contributed by atoms with van der Waals surface area (Å²) in [6, 6.07) is 39.1. The third kappa shape index (κ3) is 5.25. The maximum atomic E-state index is 2.44. The predicted molar refractivity (Wildman–Crippen MR) is 139 cm³/mol. The molecule has 0 saturated heterocycles. The Morgan fingerprint density at radius 3 is 1.28 bits per heavy atom. The second-order valence-corrected chi connectivity index (χ2v) is 7.99. The lowest BCUT2D eigenvalue weighted by molar-refractivity contribution is 0.337. The summed E-state index contributed by atoms with van der Waals surface area (Å²) in [6.45, 7) is 7.50. The minimum absolute atomic E-state index is 0.948. The summed E-state index contributed by atoms with van der Waals surface area (Å²) < 4.78 is 0. The summed E-state index contributed by atoms with van der Waals surface area (Å²) in [6.07, 6.45) is 2.38. The topological polar surface area (TPSA) is 3.24 Å². The minimum Gasteiger partial charge on any atom is -0.300 e. The standard InChI is InChI=1S/C31H31N/c1-3-32(4-2)24-23-31(29-19-15-27(16-20-29)25-11-7-5-8-12-25)30-21-17-28(18-22-30)26-13-9-6-10-14-26/h5-23H,3-4,24H2,1-2H3. The third-order valence-electron chi connectivity index (χ3n) is 6.05. The summed E-state index contributed by atoms with van der Waals surface area (Å²) in [5.41, 5.74) is 8.79. The van der Waals surface area contributed by atoms with E-state index in [2.05, 4.69) is 134 Å².